The second-order valence-corrected chi connectivity index (χ2v) is 7.15. The van der Waals surface area contributed by atoms with Crippen LogP contribution >= 0.6 is 0 Å². The number of rotatable bonds is 7. The van der Waals surface area contributed by atoms with Crippen molar-refractivity contribution in [3.05, 3.63) is 17.6 Å². The van der Waals surface area contributed by atoms with E-state index in [2.05, 4.69) is 36.0 Å². The molecule has 0 saturated carbocycles. The molecule has 2 rings (SSSR count). The van der Waals surface area contributed by atoms with E-state index in [1.165, 1.54) is 19.3 Å². The van der Waals surface area contributed by atoms with Crippen LogP contribution in [0.5, 0.6) is 0 Å². The number of carbonyl (C=O) groups excluding carboxylic acids is 1. The SMILES string of the molecule is CCCCCCNC(=O)N1CCN(c2cc(C)nc(C(C)C)n2)CC1. The second-order valence-electron chi connectivity index (χ2n) is 7.15. The van der Waals surface area contributed by atoms with Crippen molar-refractivity contribution in [2.75, 3.05) is 37.6 Å². The molecule has 0 atom stereocenters. The van der Waals surface area contributed by atoms with E-state index in [0.717, 1.165) is 56.5 Å². The summed E-state index contributed by atoms with van der Waals surface area (Å²) in [6, 6.07) is 2.10. The second kappa shape index (κ2) is 9.59. The lowest BCUT2D eigenvalue weighted by Crippen LogP contribution is -2.52. The molecule has 0 aromatic carbocycles. The molecule has 6 nitrogen and oxygen atoms in total. The lowest BCUT2D eigenvalue weighted by Gasteiger charge is -2.35. The maximum Gasteiger partial charge on any atom is 0.317 e. The van der Waals surface area contributed by atoms with Crippen molar-refractivity contribution >= 4 is 11.8 Å². The van der Waals surface area contributed by atoms with E-state index in [-0.39, 0.29) is 6.03 Å². The lowest BCUT2D eigenvalue weighted by molar-refractivity contribution is 0.194. The van der Waals surface area contributed by atoms with Gasteiger partial charge < -0.3 is 15.1 Å². The molecule has 1 aliphatic heterocycles. The smallest absolute Gasteiger partial charge is 0.317 e. The molecular formula is C19H33N5O. The van der Waals surface area contributed by atoms with Crippen LogP contribution in [0, 0.1) is 6.92 Å². The van der Waals surface area contributed by atoms with Crippen LogP contribution in [0.4, 0.5) is 10.6 Å². The number of aromatic nitrogens is 2. The minimum atomic E-state index is 0.0675. The van der Waals surface area contributed by atoms with Crippen molar-refractivity contribution in [1.82, 2.24) is 20.2 Å². The van der Waals surface area contributed by atoms with Crippen LogP contribution in [-0.4, -0.2) is 53.6 Å². The van der Waals surface area contributed by atoms with Gasteiger partial charge in [0.2, 0.25) is 0 Å². The van der Waals surface area contributed by atoms with E-state index in [1.807, 2.05) is 17.9 Å². The van der Waals surface area contributed by atoms with Gasteiger partial charge in [0, 0.05) is 50.4 Å². The molecule has 6 heteroatoms. The van der Waals surface area contributed by atoms with Crippen molar-refractivity contribution in [3.63, 3.8) is 0 Å². The van der Waals surface area contributed by atoms with E-state index >= 15 is 0 Å². The molecule has 1 aromatic rings. The summed E-state index contributed by atoms with van der Waals surface area (Å²) in [4.78, 5) is 25.6. The number of hydrogen-bond acceptors (Lipinski definition) is 4. The topological polar surface area (TPSA) is 61.4 Å². The highest BCUT2D eigenvalue weighted by Crippen LogP contribution is 2.18. The predicted octanol–water partition coefficient (Wildman–Crippen LogP) is 3.32. The summed E-state index contributed by atoms with van der Waals surface area (Å²) >= 11 is 0. The molecule has 0 spiro atoms. The van der Waals surface area contributed by atoms with Gasteiger partial charge in [0.1, 0.15) is 11.6 Å². The average Bonchev–Trinajstić information content (AvgIpc) is 2.61. The molecular weight excluding hydrogens is 314 g/mol. The van der Waals surface area contributed by atoms with Gasteiger partial charge in [0.05, 0.1) is 0 Å². The normalized spacial score (nSPS) is 14.9. The third-order valence-electron chi connectivity index (χ3n) is 4.57. The van der Waals surface area contributed by atoms with Crippen LogP contribution in [0.15, 0.2) is 6.07 Å². The van der Waals surface area contributed by atoms with Gasteiger partial charge in [-0.2, -0.15) is 0 Å². The van der Waals surface area contributed by atoms with E-state index < -0.39 is 0 Å². The molecule has 2 amide bonds. The van der Waals surface area contributed by atoms with Gasteiger partial charge in [0.15, 0.2) is 0 Å². The van der Waals surface area contributed by atoms with Crippen molar-refractivity contribution in [2.45, 2.75) is 59.3 Å². The van der Waals surface area contributed by atoms with Gasteiger partial charge in [-0.3, -0.25) is 0 Å². The minimum Gasteiger partial charge on any atom is -0.353 e. The quantitative estimate of drug-likeness (QED) is 0.769. The summed E-state index contributed by atoms with van der Waals surface area (Å²) in [5.41, 5.74) is 1.00. The van der Waals surface area contributed by atoms with E-state index in [4.69, 9.17) is 4.98 Å². The van der Waals surface area contributed by atoms with Crippen molar-refractivity contribution < 1.29 is 4.79 Å². The number of aryl methyl sites for hydroxylation is 1. The largest absolute Gasteiger partial charge is 0.353 e. The summed E-state index contributed by atoms with van der Waals surface area (Å²) < 4.78 is 0. The summed E-state index contributed by atoms with van der Waals surface area (Å²) in [6.45, 7) is 12.3. The summed E-state index contributed by atoms with van der Waals surface area (Å²) in [6.07, 6.45) is 4.72. The number of carbonyl (C=O) groups is 1. The number of hydrogen-bond donors (Lipinski definition) is 1. The van der Waals surface area contributed by atoms with Crippen LogP contribution in [0.25, 0.3) is 0 Å². The molecule has 1 aliphatic rings. The number of piperazine rings is 1. The maximum absolute atomic E-state index is 12.2. The molecule has 0 aliphatic carbocycles. The zero-order valence-corrected chi connectivity index (χ0v) is 16.2. The van der Waals surface area contributed by atoms with Crippen LogP contribution in [0.2, 0.25) is 0 Å². The fourth-order valence-corrected chi connectivity index (χ4v) is 2.99. The Morgan fingerprint density at radius 2 is 1.88 bits per heavy atom. The fraction of sp³-hybridized carbons (Fsp3) is 0.737. The Kier molecular flexibility index (Phi) is 7.47. The highest BCUT2D eigenvalue weighted by atomic mass is 16.2. The summed E-state index contributed by atoms with van der Waals surface area (Å²) in [5.74, 6) is 2.19. The molecule has 140 valence electrons. The Morgan fingerprint density at radius 1 is 1.16 bits per heavy atom. The number of amides is 2. The van der Waals surface area contributed by atoms with Gasteiger partial charge in [-0.1, -0.05) is 40.0 Å². The number of nitrogens with zero attached hydrogens (tertiary/aromatic N) is 4. The molecule has 25 heavy (non-hydrogen) atoms. The molecule has 1 aromatic heterocycles. The standard InChI is InChI=1S/C19H33N5O/c1-5-6-7-8-9-20-19(25)24-12-10-23(11-13-24)17-14-16(4)21-18(22-17)15(2)3/h14-15H,5-13H2,1-4H3,(H,20,25). The number of anilines is 1. The predicted molar refractivity (Wildman–Crippen MR) is 102 cm³/mol. The highest BCUT2D eigenvalue weighted by Gasteiger charge is 2.22. The van der Waals surface area contributed by atoms with Crippen LogP contribution in [-0.2, 0) is 0 Å². The first-order valence-corrected chi connectivity index (χ1v) is 9.64. The van der Waals surface area contributed by atoms with Gasteiger partial charge in [-0.25, -0.2) is 14.8 Å². The van der Waals surface area contributed by atoms with Crippen LogP contribution in [0.1, 0.15) is 63.9 Å². The highest BCUT2D eigenvalue weighted by molar-refractivity contribution is 5.74. The third kappa shape index (κ3) is 5.87. The molecule has 1 N–H and O–H groups in total. The zero-order valence-electron chi connectivity index (χ0n) is 16.2. The zero-order chi connectivity index (χ0) is 18.2. The van der Waals surface area contributed by atoms with Crippen molar-refractivity contribution in [2.24, 2.45) is 0 Å². The molecule has 0 unspecified atom stereocenters. The first-order valence-electron chi connectivity index (χ1n) is 9.64. The van der Waals surface area contributed by atoms with E-state index in [9.17, 15) is 4.79 Å². The Balaban J connectivity index is 1.82. The number of urea groups is 1. The average molecular weight is 348 g/mol. The van der Waals surface area contributed by atoms with Crippen LogP contribution in [0.3, 0.4) is 0 Å². The van der Waals surface area contributed by atoms with Gasteiger partial charge in [-0.05, 0) is 13.3 Å². The Morgan fingerprint density at radius 3 is 2.52 bits per heavy atom. The third-order valence-corrected chi connectivity index (χ3v) is 4.57. The Labute approximate surface area is 152 Å². The Hall–Kier alpha value is -1.85. The summed E-state index contributed by atoms with van der Waals surface area (Å²) in [7, 11) is 0. The first-order chi connectivity index (χ1) is 12.0. The molecule has 1 fully saturated rings. The van der Waals surface area contributed by atoms with Crippen LogP contribution < -0.4 is 10.2 Å². The lowest BCUT2D eigenvalue weighted by atomic mass is 10.2. The van der Waals surface area contributed by atoms with Gasteiger partial charge in [-0.15, -0.1) is 0 Å². The molecule has 0 radical (unpaired) electrons. The monoisotopic (exact) mass is 347 g/mol. The van der Waals surface area contributed by atoms with E-state index in [0.29, 0.717) is 5.92 Å². The number of nitrogens with one attached hydrogen (secondary N) is 1. The Bertz CT molecular complexity index is 553. The molecule has 0 bridgehead atoms. The minimum absolute atomic E-state index is 0.0675. The molecule has 2 heterocycles. The number of unbranched alkanes of at least 4 members (excludes halogenated alkanes) is 3. The summed E-state index contributed by atoms with van der Waals surface area (Å²) in [5, 5.41) is 3.04. The van der Waals surface area contributed by atoms with E-state index in [1.54, 1.807) is 0 Å². The van der Waals surface area contributed by atoms with Crippen molar-refractivity contribution in [1.29, 1.82) is 0 Å². The van der Waals surface area contributed by atoms with Crippen molar-refractivity contribution in [3.8, 4) is 0 Å². The van der Waals surface area contributed by atoms with Gasteiger partial charge >= 0.3 is 6.03 Å². The fourth-order valence-electron chi connectivity index (χ4n) is 2.99. The van der Waals surface area contributed by atoms with Gasteiger partial charge in [0.25, 0.3) is 0 Å². The molecule has 1 saturated heterocycles. The maximum atomic E-state index is 12.2. The first kappa shape index (κ1) is 19.5.